The molecule has 5 heteroatoms. The fourth-order valence-electron chi connectivity index (χ4n) is 1.56. The molecule has 0 aromatic carbocycles. The normalized spacial score (nSPS) is 11.1. The molecule has 0 saturated carbocycles. The quantitative estimate of drug-likeness (QED) is 0.871. The van der Waals surface area contributed by atoms with Crippen molar-refractivity contribution in [3.05, 3.63) is 38.2 Å². The van der Waals surface area contributed by atoms with E-state index in [4.69, 9.17) is 4.42 Å². The SMILES string of the molecule is CC(C)Cc1nc(-c2ccoc2)[nH]c(=O)c1I. The predicted molar refractivity (Wildman–Crippen MR) is 73.8 cm³/mol. The smallest absolute Gasteiger partial charge is 0.264 e. The molecule has 17 heavy (non-hydrogen) atoms. The van der Waals surface area contributed by atoms with Gasteiger partial charge in [-0.05, 0) is 41.0 Å². The first-order chi connectivity index (χ1) is 8.08. The lowest BCUT2D eigenvalue weighted by Gasteiger charge is -2.07. The average Bonchev–Trinajstić information content (AvgIpc) is 2.77. The van der Waals surface area contributed by atoms with E-state index in [2.05, 4.69) is 23.8 Å². The fourth-order valence-corrected chi connectivity index (χ4v) is 2.04. The molecule has 0 fully saturated rings. The van der Waals surface area contributed by atoms with Crippen LogP contribution in [0.1, 0.15) is 19.5 Å². The summed E-state index contributed by atoms with van der Waals surface area (Å²) in [6.07, 6.45) is 3.94. The molecule has 1 N–H and O–H groups in total. The Balaban J connectivity index is 2.50. The van der Waals surface area contributed by atoms with E-state index in [0.717, 1.165) is 17.7 Å². The van der Waals surface area contributed by atoms with Crippen LogP contribution in [0.2, 0.25) is 0 Å². The number of furan rings is 1. The van der Waals surface area contributed by atoms with Gasteiger partial charge in [0.15, 0.2) is 0 Å². The predicted octanol–water partition coefficient (Wildman–Crippen LogP) is 2.83. The molecule has 4 nitrogen and oxygen atoms in total. The molecule has 0 aliphatic carbocycles. The van der Waals surface area contributed by atoms with Crippen LogP contribution in [0, 0.1) is 9.49 Å². The summed E-state index contributed by atoms with van der Waals surface area (Å²) in [6.45, 7) is 4.22. The Bertz CT molecular complexity index is 558. The van der Waals surface area contributed by atoms with Crippen molar-refractivity contribution in [2.24, 2.45) is 5.92 Å². The van der Waals surface area contributed by atoms with Gasteiger partial charge in [0.25, 0.3) is 5.56 Å². The number of aromatic amines is 1. The van der Waals surface area contributed by atoms with Gasteiger partial charge in [-0.25, -0.2) is 4.98 Å². The summed E-state index contributed by atoms with van der Waals surface area (Å²) in [5.74, 6) is 1.04. The maximum atomic E-state index is 11.8. The van der Waals surface area contributed by atoms with E-state index < -0.39 is 0 Å². The molecule has 0 bridgehead atoms. The van der Waals surface area contributed by atoms with Crippen LogP contribution < -0.4 is 5.56 Å². The highest BCUT2D eigenvalue weighted by Crippen LogP contribution is 2.17. The molecule has 0 radical (unpaired) electrons. The third-order valence-electron chi connectivity index (χ3n) is 2.33. The second-order valence-electron chi connectivity index (χ2n) is 4.29. The molecule has 0 amide bonds. The van der Waals surface area contributed by atoms with Gasteiger partial charge in [0.2, 0.25) is 0 Å². The summed E-state index contributed by atoms with van der Waals surface area (Å²) in [5.41, 5.74) is 1.55. The second kappa shape index (κ2) is 5.03. The maximum absolute atomic E-state index is 11.8. The third kappa shape index (κ3) is 2.77. The highest BCUT2D eigenvalue weighted by molar-refractivity contribution is 14.1. The summed E-state index contributed by atoms with van der Waals surface area (Å²) in [4.78, 5) is 19.1. The van der Waals surface area contributed by atoms with Crippen LogP contribution in [0.5, 0.6) is 0 Å². The number of H-pyrrole nitrogens is 1. The van der Waals surface area contributed by atoms with Gasteiger partial charge in [-0.3, -0.25) is 4.79 Å². The number of nitrogens with zero attached hydrogens (tertiary/aromatic N) is 1. The first-order valence-electron chi connectivity index (χ1n) is 5.39. The van der Waals surface area contributed by atoms with Crippen molar-refractivity contribution < 1.29 is 4.42 Å². The van der Waals surface area contributed by atoms with Crippen molar-refractivity contribution in [2.75, 3.05) is 0 Å². The van der Waals surface area contributed by atoms with Gasteiger partial charge < -0.3 is 9.40 Å². The summed E-state index contributed by atoms with van der Waals surface area (Å²) in [5, 5.41) is 0. The number of hydrogen-bond acceptors (Lipinski definition) is 3. The lowest BCUT2D eigenvalue weighted by molar-refractivity contribution is 0.567. The van der Waals surface area contributed by atoms with Crippen LogP contribution in [-0.2, 0) is 6.42 Å². The summed E-state index contributed by atoms with van der Waals surface area (Å²) in [6, 6.07) is 1.78. The average molecular weight is 344 g/mol. The zero-order chi connectivity index (χ0) is 12.4. The molecule has 2 rings (SSSR count). The van der Waals surface area contributed by atoms with E-state index in [1.165, 1.54) is 0 Å². The third-order valence-corrected chi connectivity index (χ3v) is 3.44. The topological polar surface area (TPSA) is 58.9 Å². The molecular formula is C12H13IN2O2. The van der Waals surface area contributed by atoms with Crippen LogP contribution in [0.25, 0.3) is 11.4 Å². The minimum atomic E-state index is -0.0903. The van der Waals surface area contributed by atoms with Gasteiger partial charge in [0.05, 0.1) is 21.1 Å². The number of nitrogens with one attached hydrogen (secondary N) is 1. The molecule has 0 spiro atoms. The number of hydrogen-bond donors (Lipinski definition) is 1. The minimum Gasteiger partial charge on any atom is -0.472 e. The number of rotatable bonds is 3. The summed E-state index contributed by atoms with van der Waals surface area (Å²) < 4.78 is 5.67. The van der Waals surface area contributed by atoms with Gasteiger partial charge in [0.1, 0.15) is 12.1 Å². The molecule has 0 aliphatic rings. The van der Waals surface area contributed by atoms with E-state index in [-0.39, 0.29) is 5.56 Å². The van der Waals surface area contributed by atoms with E-state index in [1.54, 1.807) is 18.6 Å². The highest BCUT2D eigenvalue weighted by Gasteiger charge is 2.12. The van der Waals surface area contributed by atoms with Crippen LogP contribution in [0.4, 0.5) is 0 Å². The Hall–Kier alpha value is -1.11. The Morgan fingerprint density at radius 2 is 2.29 bits per heavy atom. The molecule has 0 unspecified atom stereocenters. The molecule has 2 aromatic rings. The van der Waals surface area contributed by atoms with Crippen LogP contribution in [0.3, 0.4) is 0 Å². The minimum absolute atomic E-state index is 0.0903. The molecule has 0 saturated heterocycles. The maximum Gasteiger partial charge on any atom is 0.264 e. The largest absolute Gasteiger partial charge is 0.472 e. The Kier molecular flexibility index (Phi) is 3.66. The zero-order valence-corrected chi connectivity index (χ0v) is 11.8. The molecule has 90 valence electrons. The van der Waals surface area contributed by atoms with Crippen molar-refractivity contribution in [1.29, 1.82) is 0 Å². The van der Waals surface area contributed by atoms with E-state index in [9.17, 15) is 4.79 Å². The Labute approximate surface area is 113 Å². The lowest BCUT2D eigenvalue weighted by atomic mass is 10.1. The van der Waals surface area contributed by atoms with Crippen LogP contribution in [0.15, 0.2) is 27.8 Å². The van der Waals surface area contributed by atoms with Crippen molar-refractivity contribution >= 4 is 22.6 Å². The van der Waals surface area contributed by atoms with Crippen molar-refractivity contribution in [3.63, 3.8) is 0 Å². The summed E-state index contributed by atoms with van der Waals surface area (Å²) >= 11 is 2.04. The van der Waals surface area contributed by atoms with Crippen LogP contribution in [-0.4, -0.2) is 9.97 Å². The molecule has 0 atom stereocenters. The van der Waals surface area contributed by atoms with Crippen molar-refractivity contribution in [2.45, 2.75) is 20.3 Å². The monoisotopic (exact) mass is 344 g/mol. The Morgan fingerprint density at radius 1 is 1.53 bits per heavy atom. The summed E-state index contributed by atoms with van der Waals surface area (Å²) in [7, 11) is 0. The van der Waals surface area contributed by atoms with Crippen molar-refractivity contribution in [1.82, 2.24) is 9.97 Å². The van der Waals surface area contributed by atoms with Gasteiger partial charge in [-0.1, -0.05) is 13.8 Å². The van der Waals surface area contributed by atoms with Crippen LogP contribution >= 0.6 is 22.6 Å². The second-order valence-corrected chi connectivity index (χ2v) is 5.36. The van der Waals surface area contributed by atoms with E-state index in [1.807, 2.05) is 22.6 Å². The van der Waals surface area contributed by atoms with Gasteiger partial charge in [-0.2, -0.15) is 0 Å². The molecule has 0 aliphatic heterocycles. The molecule has 2 heterocycles. The van der Waals surface area contributed by atoms with Gasteiger partial charge in [-0.15, -0.1) is 0 Å². The Morgan fingerprint density at radius 3 is 2.88 bits per heavy atom. The van der Waals surface area contributed by atoms with E-state index in [0.29, 0.717) is 15.3 Å². The standard InChI is InChI=1S/C12H13IN2O2/c1-7(2)5-9-10(13)12(16)15-11(14-9)8-3-4-17-6-8/h3-4,6-7H,5H2,1-2H3,(H,14,15,16). The van der Waals surface area contributed by atoms with Gasteiger partial charge >= 0.3 is 0 Å². The molecule has 2 aromatic heterocycles. The lowest BCUT2D eigenvalue weighted by Crippen LogP contribution is -2.17. The fraction of sp³-hybridized carbons (Fsp3) is 0.333. The van der Waals surface area contributed by atoms with Gasteiger partial charge in [0, 0.05) is 0 Å². The first kappa shape index (κ1) is 12.3. The number of aromatic nitrogens is 2. The van der Waals surface area contributed by atoms with Crippen molar-refractivity contribution in [3.8, 4) is 11.4 Å². The number of halogens is 1. The van der Waals surface area contributed by atoms with E-state index >= 15 is 0 Å². The highest BCUT2D eigenvalue weighted by atomic mass is 127. The zero-order valence-electron chi connectivity index (χ0n) is 9.66. The molecular weight excluding hydrogens is 331 g/mol. The first-order valence-corrected chi connectivity index (χ1v) is 6.47.